The maximum Gasteiger partial charge on any atom is 0.416 e. The Morgan fingerprint density at radius 3 is 2.62 bits per heavy atom. The van der Waals surface area contributed by atoms with Crippen LogP contribution in [0.5, 0.6) is 0 Å². The average molecular weight is 324 g/mol. The summed E-state index contributed by atoms with van der Waals surface area (Å²) in [6, 6.07) is 5.33. The van der Waals surface area contributed by atoms with E-state index in [0.717, 1.165) is 7.05 Å². The lowest BCUT2D eigenvalue weighted by Gasteiger charge is -2.22. The number of hydrogen-bond acceptors (Lipinski definition) is 3. The number of aliphatic hydroxyl groups excluding tert-OH is 1. The molecule has 1 aromatic rings. The Morgan fingerprint density at radius 1 is 1.48 bits per heavy atom. The summed E-state index contributed by atoms with van der Waals surface area (Å²) < 4.78 is 47.9. The molecule has 0 aliphatic carbocycles. The highest BCUT2D eigenvalue weighted by Crippen LogP contribution is 2.20. The molecular weight excluding hydrogens is 309 g/mol. The zero-order valence-corrected chi connectivity index (χ0v) is 12.2. The van der Waals surface area contributed by atoms with Crippen LogP contribution in [0.2, 0.25) is 0 Å². The van der Waals surface area contributed by atoms with Crippen LogP contribution in [0.25, 0.3) is 0 Å². The predicted molar refractivity (Wildman–Crippen MR) is 72.5 cm³/mol. The van der Waals surface area contributed by atoms with Gasteiger partial charge in [0, 0.05) is 34.7 Å². The number of benzene rings is 1. The molecule has 118 valence electrons. The highest BCUT2D eigenvalue weighted by atomic mass is 32.2. The highest BCUT2D eigenvalue weighted by Gasteiger charge is 2.39. The second-order valence-corrected chi connectivity index (χ2v) is 5.73. The number of amides is 2. The van der Waals surface area contributed by atoms with Gasteiger partial charge >= 0.3 is 12.2 Å². The number of likely N-dealkylation sites (N-methyl/N-ethyl adjacent to an activating group) is 1. The van der Waals surface area contributed by atoms with E-state index in [9.17, 15) is 22.2 Å². The number of anilines is 1. The quantitative estimate of drug-likeness (QED) is 0.887. The van der Waals surface area contributed by atoms with Gasteiger partial charge in [-0.1, -0.05) is 6.07 Å². The van der Waals surface area contributed by atoms with Crippen molar-refractivity contribution in [1.29, 1.82) is 0 Å². The van der Waals surface area contributed by atoms with E-state index in [1.165, 1.54) is 18.4 Å². The molecule has 0 bridgehead atoms. The summed E-state index contributed by atoms with van der Waals surface area (Å²) >= 11 is 0. The molecule has 21 heavy (non-hydrogen) atoms. The molecule has 0 unspecified atom stereocenters. The fraction of sp³-hybridized carbons (Fsp3) is 0.417. The Bertz CT molecular complexity index is 537. The minimum absolute atomic E-state index is 0.307. The zero-order chi connectivity index (χ0) is 16.2. The number of halogens is 3. The zero-order valence-electron chi connectivity index (χ0n) is 11.3. The van der Waals surface area contributed by atoms with E-state index in [2.05, 4.69) is 5.32 Å². The lowest BCUT2D eigenvalue weighted by molar-refractivity contribution is -0.205. The number of carbonyl (C=O) groups excluding carboxylic acids is 1. The SMILES string of the molecule is CN(C[C@H](O)C(F)(F)F)C(=O)Nc1cccc([S@](C)=O)c1. The molecule has 2 atom stereocenters. The van der Waals surface area contributed by atoms with E-state index < -0.39 is 35.7 Å². The van der Waals surface area contributed by atoms with E-state index in [0.29, 0.717) is 15.5 Å². The van der Waals surface area contributed by atoms with Crippen LogP contribution < -0.4 is 5.32 Å². The molecule has 0 aliphatic rings. The highest BCUT2D eigenvalue weighted by molar-refractivity contribution is 7.84. The summed E-state index contributed by atoms with van der Waals surface area (Å²) in [4.78, 5) is 12.9. The normalized spacial score (nSPS) is 14.4. The molecule has 0 aliphatic heterocycles. The number of nitrogens with zero attached hydrogens (tertiary/aromatic N) is 1. The fourth-order valence-electron chi connectivity index (χ4n) is 1.42. The Balaban J connectivity index is 2.68. The number of nitrogens with one attached hydrogen (secondary N) is 1. The smallest absolute Gasteiger partial charge is 0.382 e. The van der Waals surface area contributed by atoms with E-state index in [4.69, 9.17) is 5.11 Å². The van der Waals surface area contributed by atoms with Crippen molar-refractivity contribution in [1.82, 2.24) is 4.90 Å². The van der Waals surface area contributed by atoms with Gasteiger partial charge in [0.05, 0.1) is 6.54 Å². The largest absolute Gasteiger partial charge is 0.416 e. The Hall–Kier alpha value is -1.61. The van der Waals surface area contributed by atoms with Gasteiger partial charge in [-0.15, -0.1) is 0 Å². The van der Waals surface area contributed by atoms with Crippen LogP contribution in [0.1, 0.15) is 0 Å². The number of hydrogen-bond donors (Lipinski definition) is 2. The van der Waals surface area contributed by atoms with Crippen molar-refractivity contribution in [2.75, 3.05) is 25.2 Å². The molecule has 0 aromatic heterocycles. The number of urea groups is 1. The minimum Gasteiger partial charge on any atom is -0.382 e. The molecule has 0 heterocycles. The second-order valence-electron chi connectivity index (χ2n) is 4.35. The summed E-state index contributed by atoms with van der Waals surface area (Å²) in [5.41, 5.74) is 0.307. The van der Waals surface area contributed by atoms with E-state index in [1.54, 1.807) is 12.1 Å². The van der Waals surface area contributed by atoms with Gasteiger partial charge in [-0.25, -0.2) is 4.79 Å². The first-order chi connectivity index (χ1) is 9.61. The van der Waals surface area contributed by atoms with Gasteiger partial charge in [0.1, 0.15) is 0 Å². The number of rotatable bonds is 4. The second kappa shape index (κ2) is 6.90. The maximum absolute atomic E-state index is 12.2. The van der Waals surface area contributed by atoms with Crippen molar-refractivity contribution in [3.63, 3.8) is 0 Å². The Morgan fingerprint density at radius 2 is 2.10 bits per heavy atom. The van der Waals surface area contributed by atoms with Crippen molar-refractivity contribution >= 4 is 22.5 Å². The lowest BCUT2D eigenvalue weighted by atomic mass is 10.3. The predicted octanol–water partition coefficient (Wildman–Crippen LogP) is 1.81. The molecule has 1 aromatic carbocycles. The molecule has 0 saturated heterocycles. The van der Waals surface area contributed by atoms with Gasteiger partial charge in [0.15, 0.2) is 6.10 Å². The molecule has 0 fully saturated rings. The van der Waals surface area contributed by atoms with Crippen LogP contribution >= 0.6 is 0 Å². The van der Waals surface area contributed by atoms with Gasteiger partial charge in [-0.3, -0.25) is 4.21 Å². The van der Waals surface area contributed by atoms with E-state index in [1.807, 2.05) is 0 Å². The topological polar surface area (TPSA) is 69.6 Å². The monoisotopic (exact) mass is 324 g/mol. The van der Waals surface area contributed by atoms with Crippen LogP contribution in [0.15, 0.2) is 29.2 Å². The number of aliphatic hydroxyl groups is 1. The van der Waals surface area contributed by atoms with Gasteiger partial charge in [0.25, 0.3) is 0 Å². The molecule has 2 amide bonds. The molecule has 9 heteroatoms. The Labute approximate surface area is 122 Å². The standard InChI is InChI=1S/C12H15F3N2O3S/c1-17(7-10(18)12(13,14)15)11(19)16-8-4-3-5-9(6-8)21(2)20/h3-6,10,18H,7H2,1-2H3,(H,16,19)/t10-,21-/m0/s1. The van der Waals surface area contributed by atoms with Crippen molar-refractivity contribution in [3.8, 4) is 0 Å². The van der Waals surface area contributed by atoms with Crippen molar-refractivity contribution in [2.45, 2.75) is 17.2 Å². The first-order valence-corrected chi connectivity index (χ1v) is 7.37. The van der Waals surface area contributed by atoms with Gasteiger partial charge in [-0.2, -0.15) is 13.2 Å². The number of carbonyl (C=O) groups is 1. The molecule has 0 spiro atoms. The van der Waals surface area contributed by atoms with Crippen molar-refractivity contribution < 1.29 is 27.3 Å². The van der Waals surface area contributed by atoms with Gasteiger partial charge in [-0.05, 0) is 18.2 Å². The van der Waals surface area contributed by atoms with Crippen LogP contribution in [-0.4, -0.2) is 52.4 Å². The van der Waals surface area contributed by atoms with E-state index >= 15 is 0 Å². The third-order valence-corrected chi connectivity index (χ3v) is 3.51. The minimum atomic E-state index is -4.78. The summed E-state index contributed by atoms with van der Waals surface area (Å²) in [5.74, 6) is 0. The van der Waals surface area contributed by atoms with Crippen molar-refractivity contribution in [2.24, 2.45) is 0 Å². The van der Waals surface area contributed by atoms with E-state index in [-0.39, 0.29) is 0 Å². The summed E-state index contributed by atoms with van der Waals surface area (Å²) in [6.45, 7) is -0.880. The van der Waals surface area contributed by atoms with Gasteiger partial charge in [0.2, 0.25) is 0 Å². The average Bonchev–Trinajstić information content (AvgIpc) is 2.37. The van der Waals surface area contributed by atoms with Gasteiger partial charge < -0.3 is 15.3 Å². The van der Waals surface area contributed by atoms with Crippen LogP contribution in [0, 0.1) is 0 Å². The third-order valence-electron chi connectivity index (χ3n) is 2.59. The van der Waals surface area contributed by atoms with Crippen LogP contribution in [0.3, 0.4) is 0 Å². The summed E-state index contributed by atoms with van der Waals surface area (Å²) in [7, 11) is -0.108. The van der Waals surface area contributed by atoms with Crippen LogP contribution in [-0.2, 0) is 10.8 Å². The van der Waals surface area contributed by atoms with Crippen LogP contribution in [0.4, 0.5) is 23.7 Å². The first-order valence-electron chi connectivity index (χ1n) is 5.81. The molecular formula is C12H15F3N2O3S. The lowest BCUT2D eigenvalue weighted by Crippen LogP contribution is -2.43. The third kappa shape index (κ3) is 5.35. The first kappa shape index (κ1) is 17.4. The molecule has 5 nitrogen and oxygen atoms in total. The Kier molecular flexibility index (Phi) is 5.73. The molecule has 1 rings (SSSR count). The fourth-order valence-corrected chi connectivity index (χ4v) is 1.98. The molecule has 2 N–H and O–H groups in total. The summed E-state index contributed by atoms with van der Waals surface area (Å²) in [5, 5.41) is 11.3. The summed E-state index contributed by atoms with van der Waals surface area (Å²) in [6.07, 6.45) is -5.93. The molecule has 0 radical (unpaired) electrons. The number of alkyl halides is 3. The molecule has 0 saturated carbocycles. The maximum atomic E-state index is 12.2. The van der Waals surface area contributed by atoms with Crippen molar-refractivity contribution in [3.05, 3.63) is 24.3 Å².